The van der Waals surface area contributed by atoms with Crippen molar-refractivity contribution in [3.8, 4) is 11.5 Å². The molecule has 0 aliphatic carbocycles. The molecule has 0 N–H and O–H groups in total. The summed E-state index contributed by atoms with van der Waals surface area (Å²) in [5.74, 6) is 1.51. The molecule has 96 valence electrons. The molecule has 2 aromatic rings. The molecular formula is C13H14O5. The van der Waals surface area contributed by atoms with Crippen molar-refractivity contribution in [1.82, 2.24) is 0 Å². The summed E-state index contributed by atoms with van der Waals surface area (Å²) in [5.41, 5.74) is -0.445. The van der Waals surface area contributed by atoms with Crippen LogP contribution < -0.4 is 15.1 Å². The van der Waals surface area contributed by atoms with Crippen LogP contribution in [-0.4, -0.2) is 21.3 Å². The Bertz CT molecular complexity index is 615. The number of hydrogen-bond acceptors (Lipinski definition) is 5. The molecule has 1 aromatic heterocycles. The largest absolute Gasteiger partial charge is 0.497 e. The fourth-order valence-corrected chi connectivity index (χ4v) is 1.81. The number of hydrogen-bond donors (Lipinski definition) is 0. The van der Waals surface area contributed by atoms with E-state index in [0.717, 1.165) is 0 Å². The second-order valence-electron chi connectivity index (χ2n) is 3.73. The second-order valence-corrected chi connectivity index (χ2v) is 3.73. The molecule has 5 nitrogen and oxygen atoms in total. The van der Waals surface area contributed by atoms with Gasteiger partial charge in [-0.05, 0) is 17.5 Å². The van der Waals surface area contributed by atoms with Crippen molar-refractivity contribution < 1.29 is 18.6 Å². The van der Waals surface area contributed by atoms with Gasteiger partial charge in [0.15, 0.2) is 0 Å². The molecule has 0 aliphatic heterocycles. The van der Waals surface area contributed by atoms with Crippen LogP contribution in [0.4, 0.5) is 0 Å². The third kappa shape index (κ3) is 2.17. The molecule has 18 heavy (non-hydrogen) atoms. The smallest absolute Gasteiger partial charge is 0.347 e. The molecule has 2 rings (SSSR count). The summed E-state index contributed by atoms with van der Waals surface area (Å²) >= 11 is 0. The molecule has 0 saturated heterocycles. The Morgan fingerprint density at radius 1 is 1.11 bits per heavy atom. The average Bonchev–Trinajstić information content (AvgIpc) is 2.37. The highest BCUT2D eigenvalue weighted by molar-refractivity contribution is 5.88. The molecule has 0 spiro atoms. The van der Waals surface area contributed by atoms with Gasteiger partial charge in [-0.1, -0.05) is 0 Å². The fraction of sp³-hybridized carbons (Fsp3) is 0.308. The van der Waals surface area contributed by atoms with E-state index < -0.39 is 5.63 Å². The van der Waals surface area contributed by atoms with Crippen molar-refractivity contribution in [2.24, 2.45) is 0 Å². The van der Waals surface area contributed by atoms with Crippen molar-refractivity contribution in [1.29, 1.82) is 0 Å². The van der Waals surface area contributed by atoms with Crippen LogP contribution in [0.3, 0.4) is 0 Å². The van der Waals surface area contributed by atoms with E-state index in [4.69, 9.17) is 18.6 Å². The van der Waals surface area contributed by atoms with E-state index in [9.17, 15) is 4.79 Å². The van der Waals surface area contributed by atoms with Crippen molar-refractivity contribution in [2.75, 3.05) is 21.3 Å². The van der Waals surface area contributed by atoms with Gasteiger partial charge in [-0.15, -0.1) is 0 Å². The third-order valence-corrected chi connectivity index (χ3v) is 2.59. The minimum Gasteiger partial charge on any atom is -0.497 e. The van der Waals surface area contributed by atoms with E-state index >= 15 is 0 Å². The lowest BCUT2D eigenvalue weighted by Gasteiger charge is -2.08. The molecular weight excluding hydrogens is 236 g/mol. The van der Waals surface area contributed by atoms with Gasteiger partial charge in [0.2, 0.25) is 0 Å². The summed E-state index contributed by atoms with van der Waals surface area (Å²) < 4.78 is 20.4. The van der Waals surface area contributed by atoms with Gasteiger partial charge < -0.3 is 18.6 Å². The quantitative estimate of drug-likeness (QED) is 0.830. The summed E-state index contributed by atoms with van der Waals surface area (Å²) in [6.45, 7) is 0.241. The maximum atomic E-state index is 11.9. The van der Waals surface area contributed by atoms with E-state index in [-0.39, 0.29) is 6.61 Å². The van der Waals surface area contributed by atoms with Gasteiger partial charge in [0, 0.05) is 13.2 Å². The molecule has 5 heteroatoms. The zero-order valence-corrected chi connectivity index (χ0v) is 10.5. The van der Waals surface area contributed by atoms with E-state index in [1.54, 1.807) is 25.3 Å². The Morgan fingerprint density at radius 2 is 1.89 bits per heavy atom. The lowest BCUT2D eigenvalue weighted by Crippen LogP contribution is -2.05. The van der Waals surface area contributed by atoms with Gasteiger partial charge in [-0.25, -0.2) is 4.79 Å². The Balaban J connectivity index is 2.74. The first kappa shape index (κ1) is 12.4. The monoisotopic (exact) mass is 250 g/mol. The molecule has 0 unspecified atom stereocenters. The van der Waals surface area contributed by atoms with Crippen molar-refractivity contribution in [2.45, 2.75) is 6.61 Å². The van der Waals surface area contributed by atoms with E-state index in [0.29, 0.717) is 28.0 Å². The normalized spacial score (nSPS) is 10.6. The first-order valence-electron chi connectivity index (χ1n) is 5.37. The van der Waals surface area contributed by atoms with Crippen LogP contribution in [0, 0.1) is 0 Å². The Morgan fingerprint density at radius 3 is 2.50 bits per heavy atom. The number of fused-ring (bicyclic) bond motifs is 1. The molecule has 0 bridgehead atoms. The number of ether oxygens (including phenoxy) is 3. The molecule has 0 saturated carbocycles. The van der Waals surface area contributed by atoms with E-state index in [1.807, 2.05) is 0 Å². The van der Waals surface area contributed by atoms with Gasteiger partial charge in [0.25, 0.3) is 0 Å². The number of benzene rings is 1. The molecule has 0 amide bonds. The number of rotatable bonds is 4. The van der Waals surface area contributed by atoms with Crippen LogP contribution in [-0.2, 0) is 11.3 Å². The highest BCUT2D eigenvalue weighted by Crippen LogP contribution is 2.29. The summed E-state index contributed by atoms with van der Waals surface area (Å²) in [4.78, 5) is 11.9. The first-order valence-corrected chi connectivity index (χ1v) is 5.37. The van der Waals surface area contributed by atoms with Gasteiger partial charge in [-0.2, -0.15) is 0 Å². The molecule has 0 radical (unpaired) electrons. The molecule has 1 aromatic carbocycles. The highest BCUT2D eigenvalue weighted by Gasteiger charge is 2.12. The summed E-state index contributed by atoms with van der Waals surface area (Å²) in [5, 5.41) is 1.10. The van der Waals surface area contributed by atoms with Crippen LogP contribution in [0.25, 0.3) is 10.8 Å². The van der Waals surface area contributed by atoms with Gasteiger partial charge >= 0.3 is 5.63 Å². The average molecular weight is 250 g/mol. The highest BCUT2D eigenvalue weighted by atomic mass is 16.5. The summed E-state index contributed by atoms with van der Waals surface area (Å²) in [6.07, 6.45) is 0. The lowest BCUT2D eigenvalue weighted by molar-refractivity contribution is 0.161. The Kier molecular flexibility index (Phi) is 3.53. The topological polar surface area (TPSA) is 57.9 Å². The van der Waals surface area contributed by atoms with E-state index in [1.165, 1.54) is 14.2 Å². The van der Waals surface area contributed by atoms with Crippen LogP contribution in [0.2, 0.25) is 0 Å². The standard InChI is InChI=1S/C13H14O5/c1-15-7-10-5-8-4-9(16-2)6-11(17-3)12(8)13(14)18-10/h4-6H,7H2,1-3H3. The SMILES string of the molecule is COCc1cc2cc(OC)cc(OC)c2c(=O)o1. The molecule has 0 atom stereocenters. The van der Waals surface area contributed by atoms with Gasteiger partial charge in [0.1, 0.15) is 29.3 Å². The summed E-state index contributed by atoms with van der Waals surface area (Å²) in [6, 6.07) is 5.15. The zero-order chi connectivity index (χ0) is 13.1. The van der Waals surface area contributed by atoms with Crippen LogP contribution in [0.5, 0.6) is 11.5 Å². The zero-order valence-electron chi connectivity index (χ0n) is 10.5. The van der Waals surface area contributed by atoms with Crippen molar-refractivity contribution in [3.05, 3.63) is 34.4 Å². The van der Waals surface area contributed by atoms with Gasteiger partial charge in [-0.3, -0.25) is 0 Å². The maximum Gasteiger partial charge on any atom is 0.347 e. The fourth-order valence-electron chi connectivity index (χ4n) is 1.81. The van der Waals surface area contributed by atoms with Crippen molar-refractivity contribution >= 4 is 10.8 Å². The van der Waals surface area contributed by atoms with Crippen LogP contribution in [0.1, 0.15) is 5.76 Å². The van der Waals surface area contributed by atoms with Crippen molar-refractivity contribution in [3.63, 3.8) is 0 Å². The van der Waals surface area contributed by atoms with E-state index in [2.05, 4.69) is 0 Å². The number of methoxy groups -OCH3 is 3. The first-order chi connectivity index (χ1) is 8.69. The van der Waals surface area contributed by atoms with Gasteiger partial charge in [0.05, 0.1) is 14.2 Å². The Hall–Kier alpha value is -2.01. The lowest BCUT2D eigenvalue weighted by atomic mass is 10.1. The van der Waals surface area contributed by atoms with Crippen LogP contribution in [0.15, 0.2) is 27.4 Å². The maximum absolute atomic E-state index is 11.9. The minimum atomic E-state index is -0.445. The second kappa shape index (κ2) is 5.10. The molecule has 1 heterocycles. The predicted octanol–water partition coefficient (Wildman–Crippen LogP) is 1.96. The molecule has 0 fully saturated rings. The minimum absolute atomic E-state index is 0.241. The third-order valence-electron chi connectivity index (χ3n) is 2.59. The Labute approximate surface area is 104 Å². The summed E-state index contributed by atoms with van der Waals surface area (Å²) in [7, 11) is 4.59. The predicted molar refractivity (Wildman–Crippen MR) is 66.3 cm³/mol. The van der Waals surface area contributed by atoms with Crippen LogP contribution >= 0.6 is 0 Å². The molecule has 0 aliphatic rings.